The van der Waals surface area contributed by atoms with E-state index in [1.165, 1.54) is 4.88 Å². The average Bonchev–Trinajstić information content (AvgIpc) is 2.91. The molecule has 0 saturated heterocycles. The quantitative estimate of drug-likeness (QED) is 0.675. The Morgan fingerprint density at radius 3 is 2.71 bits per heavy atom. The third-order valence-corrected chi connectivity index (χ3v) is 3.87. The van der Waals surface area contributed by atoms with Crippen molar-refractivity contribution in [3.63, 3.8) is 0 Å². The van der Waals surface area contributed by atoms with Crippen LogP contribution in [0.15, 0.2) is 36.4 Å². The van der Waals surface area contributed by atoms with Gasteiger partial charge in [0.05, 0.1) is 10.6 Å². The number of hydrogen-bond donors (Lipinski definition) is 1. The maximum Gasteiger partial charge on any atom is 0.152 e. The van der Waals surface area contributed by atoms with Gasteiger partial charge in [0.2, 0.25) is 0 Å². The molecule has 0 bridgehead atoms. The SMILES string of the molecule is Cc1ccc(-c2[nH]c3ccccc3c2C=O)s1. The second kappa shape index (κ2) is 3.86. The third kappa shape index (κ3) is 1.59. The number of carbonyl (C=O) groups is 1. The normalized spacial score (nSPS) is 10.9. The standard InChI is InChI=1S/C14H11NOS/c1-9-6-7-13(17-9)14-11(8-16)10-4-2-3-5-12(10)15-14/h2-8,15H,1H3. The second-order valence-electron chi connectivity index (χ2n) is 3.99. The molecule has 0 unspecified atom stereocenters. The van der Waals surface area contributed by atoms with Gasteiger partial charge in [-0.15, -0.1) is 11.3 Å². The molecular weight excluding hydrogens is 230 g/mol. The summed E-state index contributed by atoms with van der Waals surface area (Å²) in [4.78, 5) is 16.9. The molecule has 2 heterocycles. The molecule has 3 heteroatoms. The fourth-order valence-corrected chi connectivity index (χ4v) is 2.93. The highest BCUT2D eigenvalue weighted by atomic mass is 32.1. The summed E-state index contributed by atoms with van der Waals surface area (Å²) in [5, 5.41) is 0.989. The number of aldehydes is 1. The largest absolute Gasteiger partial charge is 0.353 e. The van der Waals surface area contributed by atoms with E-state index in [1.807, 2.05) is 24.3 Å². The molecule has 0 saturated carbocycles. The number of rotatable bonds is 2. The number of hydrogen-bond acceptors (Lipinski definition) is 2. The minimum absolute atomic E-state index is 0.752. The van der Waals surface area contributed by atoms with Crippen molar-refractivity contribution in [3.8, 4) is 10.6 Å². The molecule has 1 N–H and O–H groups in total. The van der Waals surface area contributed by atoms with Crippen molar-refractivity contribution in [2.24, 2.45) is 0 Å². The smallest absolute Gasteiger partial charge is 0.152 e. The number of fused-ring (bicyclic) bond motifs is 1. The first-order chi connectivity index (χ1) is 8.29. The lowest BCUT2D eigenvalue weighted by atomic mass is 10.1. The molecule has 0 spiro atoms. The maximum atomic E-state index is 11.3. The number of benzene rings is 1. The lowest BCUT2D eigenvalue weighted by Gasteiger charge is -1.93. The number of carbonyl (C=O) groups excluding carboxylic acids is 1. The molecule has 0 amide bonds. The summed E-state index contributed by atoms with van der Waals surface area (Å²) in [7, 11) is 0. The van der Waals surface area contributed by atoms with Gasteiger partial charge >= 0.3 is 0 Å². The lowest BCUT2D eigenvalue weighted by molar-refractivity contribution is 0.112. The Morgan fingerprint density at radius 1 is 1.18 bits per heavy atom. The molecule has 0 aliphatic rings. The summed E-state index contributed by atoms with van der Waals surface area (Å²) in [5.74, 6) is 0. The molecule has 1 aromatic carbocycles. The number of aromatic nitrogens is 1. The van der Waals surface area contributed by atoms with Gasteiger partial charge in [-0.2, -0.15) is 0 Å². The third-order valence-electron chi connectivity index (χ3n) is 2.85. The van der Waals surface area contributed by atoms with E-state index in [2.05, 4.69) is 24.0 Å². The lowest BCUT2D eigenvalue weighted by Crippen LogP contribution is -1.80. The van der Waals surface area contributed by atoms with Crippen LogP contribution in [0.25, 0.3) is 21.5 Å². The van der Waals surface area contributed by atoms with Gasteiger partial charge in [0.15, 0.2) is 6.29 Å². The average molecular weight is 241 g/mol. The van der Waals surface area contributed by atoms with E-state index in [9.17, 15) is 4.79 Å². The minimum atomic E-state index is 0.752. The van der Waals surface area contributed by atoms with Crippen LogP contribution in [0.5, 0.6) is 0 Å². The van der Waals surface area contributed by atoms with Crippen LogP contribution in [0, 0.1) is 6.92 Å². The molecular formula is C14H11NOS. The van der Waals surface area contributed by atoms with Crippen LogP contribution >= 0.6 is 11.3 Å². The van der Waals surface area contributed by atoms with Crippen LogP contribution in [-0.2, 0) is 0 Å². The minimum Gasteiger partial charge on any atom is -0.353 e. The van der Waals surface area contributed by atoms with Gasteiger partial charge in [0, 0.05) is 21.3 Å². The highest BCUT2D eigenvalue weighted by molar-refractivity contribution is 7.15. The molecule has 0 aliphatic carbocycles. The van der Waals surface area contributed by atoms with E-state index in [1.54, 1.807) is 11.3 Å². The maximum absolute atomic E-state index is 11.3. The summed E-state index contributed by atoms with van der Waals surface area (Å²) in [6.45, 7) is 2.07. The first-order valence-corrected chi connectivity index (χ1v) is 6.24. The van der Waals surface area contributed by atoms with Crippen LogP contribution in [-0.4, -0.2) is 11.3 Å². The molecule has 3 rings (SSSR count). The number of aromatic amines is 1. The molecule has 0 atom stereocenters. The molecule has 0 aliphatic heterocycles. The van der Waals surface area contributed by atoms with Gasteiger partial charge in [-0.25, -0.2) is 0 Å². The Morgan fingerprint density at radius 2 is 2.00 bits per heavy atom. The van der Waals surface area contributed by atoms with Gasteiger partial charge in [0.1, 0.15) is 0 Å². The van der Waals surface area contributed by atoms with Crippen molar-refractivity contribution in [1.82, 2.24) is 4.98 Å². The summed E-state index contributed by atoms with van der Waals surface area (Å²) in [6, 6.07) is 12.0. The number of aryl methyl sites for hydroxylation is 1. The zero-order chi connectivity index (χ0) is 11.8. The van der Waals surface area contributed by atoms with Crippen LogP contribution in [0.1, 0.15) is 15.2 Å². The molecule has 3 aromatic rings. The Hall–Kier alpha value is -1.87. The van der Waals surface area contributed by atoms with Crippen LogP contribution < -0.4 is 0 Å². The van der Waals surface area contributed by atoms with Gasteiger partial charge in [-0.1, -0.05) is 18.2 Å². The van der Waals surface area contributed by atoms with E-state index >= 15 is 0 Å². The number of nitrogens with one attached hydrogen (secondary N) is 1. The number of H-pyrrole nitrogens is 1. The Kier molecular flexibility index (Phi) is 2.34. The fraction of sp³-hybridized carbons (Fsp3) is 0.0714. The molecule has 2 nitrogen and oxygen atoms in total. The predicted octanol–water partition coefficient (Wildman–Crippen LogP) is 4.02. The summed E-state index contributed by atoms with van der Waals surface area (Å²) in [5.41, 5.74) is 2.69. The Labute approximate surface area is 103 Å². The monoisotopic (exact) mass is 241 g/mol. The molecule has 0 fully saturated rings. The van der Waals surface area contributed by atoms with E-state index in [-0.39, 0.29) is 0 Å². The van der Waals surface area contributed by atoms with Crippen LogP contribution in [0.2, 0.25) is 0 Å². The van der Waals surface area contributed by atoms with E-state index in [4.69, 9.17) is 0 Å². The first-order valence-electron chi connectivity index (χ1n) is 5.42. The molecule has 84 valence electrons. The number of thiophene rings is 1. The van der Waals surface area contributed by atoms with E-state index in [0.29, 0.717) is 0 Å². The van der Waals surface area contributed by atoms with Gasteiger partial charge in [-0.05, 0) is 25.1 Å². The topological polar surface area (TPSA) is 32.9 Å². The Bertz CT molecular complexity index is 693. The van der Waals surface area contributed by atoms with Crippen molar-refractivity contribution in [2.75, 3.05) is 0 Å². The van der Waals surface area contributed by atoms with Gasteiger partial charge < -0.3 is 4.98 Å². The molecule has 0 radical (unpaired) electrons. The first kappa shape index (κ1) is 10.3. The number of para-hydroxylation sites is 1. The summed E-state index contributed by atoms with van der Waals surface area (Å²) >= 11 is 1.70. The van der Waals surface area contributed by atoms with Crippen molar-refractivity contribution in [2.45, 2.75) is 6.92 Å². The van der Waals surface area contributed by atoms with Gasteiger partial charge in [-0.3, -0.25) is 4.79 Å². The zero-order valence-corrected chi connectivity index (χ0v) is 10.2. The van der Waals surface area contributed by atoms with E-state index < -0.39 is 0 Å². The zero-order valence-electron chi connectivity index (χ0n) is 9.36. The highest BCUT2D eigenvalue weighted by Crippen LogP contribution is 2.33. The van der Waals surface area contributed by atoms with Crippen molar-refractivity contribution in [3.05, 3.63) is 46.8 Å². The molecule has 2 aromatic heterocycles. The van der Waals surface area contributed by atoms with Crippen molar-refractivity contribution >= 4 is 28.5 Å². The predicted molar refractivity (Wildman–Crippen MR) is 71.7 cm³/mol. The van der Waals surface area contributed by atoms with Crippen LogP contribution in [0.3, 0.4) is 0 Å². The molecule has 17 heavy (non-hydrogen) atoms. The summed E-state index contributed by atoms with van der Waals surface area (Å²) in [6.07, 6.45) is 0.934. The summed E-state index contributed by atoms with van der Waals surface area (Å²) < 4.78 is 0. The highest BCUT2D eigenvalue weighted by Gasteiger charge is 2.13. The fourth-order valence-electron chi connectivity index (χ4n) is 2.05. The van der Waals surface area contributed by atoms with Crippen molar-refractivity contribution in [1.29, 1.82) is 0 Å². The van der Waals surface area contributed by atoms with Crippen molar-refractivity contribution < 1.29 is 4.79 Å². The van der Waals surface area contributed by atoms with E-state index in [0.717, 1.165) is 33.3 Å². The van der Waals surface area contributed by atoms with Gasteiger partial charge in [0.25, 0.3) is 0 Å². The van der Waals surface area contributed by atoms with Crippen LogP contribution in [0.4, 0.5) is 0 Å². The Balaban J connectivity index is 2.32. The second-order valence-corrected chi connectivity index (χ2v) is 5.28.